The molecular formula is C26H24O12. The van der Waals surface area contributed by atoms with Crippen molar-refractivity contribution in [3.8, 4) is 17.2 Å². The minimum absolute atomic E-state index is 0.0391. The highest BCUT2D eigenvalue weighted by Gasteiger charge is 2.51. The lowest BCUT2D eigenvalue weighted by Gasteiger charge is -2.24. The summed E-state index contributed by atoms with van der Waals surface area (Å²) in [5.41, 5.74) is -0.214. The number of hydrogen-bond acceptors (Lipinski definition) is 12. The Hall–Kier alpha value is -4.45. The Morgan fingerprint density at radius 3 is 2.00 bits per heavy atom. The van der Waals surface area contributed by atoms with Crippen LogP contribution in [0.1, 0.15) is 58.2 Å². The van der Waals surface area contributed by atoms with Crippen LogP contribution in [0.15, 0.2) is 24.3 Å². The number of phenolic OH excluding ortho intramolecular Hbond substituents is 2. The van der Waals surface area contributed by atoms with Crippen LogP contribution in [0.5, 0.6) is 17.2 Å². The van der Waals surface area contributed by atoms with Gasteiger partial charge in [0.2, 0.25) is 18.2 Å². The molecule has 1 aliphatic heterocycles. The third-order valence-electron chi connectivity index (χ3n) is 5.87. The summed E-state index contributed by atoms with van der Waals surface area (Å²) in [6, 6.07) is 5.03. The van der Waals surface area contributed by atoms with Crippen molar-refractivity contribution in [2.24, 2.45) is 0 Å². The molecule has 12 nitrogen and oxygen atoms in total. The molecule has 200 valence electrons. The molecule has 0 unspecified atom stereocenters. The fourth-order valence-electron chi connectivity index (χ4n) is 4.45. The van der Waals surface area contributed by atoms with Crippen molar-refractivity contribution in [3.05, 3.63) is 52.1 Å². The first-order valence-corrected chi connectivity index (χ1v) is 11.5. The predicted molar refractivity (Wildman–Crippen MR) is 125 cm³/mol. The van der Waals surface area contributed by atoms with Gasteiger partial charge in [-0.2, -0.15) is 0 Å². The zero-order valence-corrected chi connectivity index (χ0v) is 20.8. The quantitative estimate of drug-likeness (QED) is 0.351. The van der Waals surface area contributed by atoms with Crippen LogP contribution < -0.4 is 4.74 Å². The van der Waals surface area contributed by atoms with Crippen LogP contribution in [0.3, 0.4) is 0 Å². The average Bonchev–Trinajstić information content (AvgIpc) is 3.09. The normalized spacial score (nSPS) is 21.8. The number of aromatic hydroxyl groups is 2. The molecule has 2 aromatic carbocycles. The fraction of sp³-hybridized carbons (Fsp3) is 0.346. The fourth-order valence-corrected chi connectivity index (χ4v) is 4.45. The number of hydrogen-bond donors (Lipinski definition) is 2. The maximum absolute atomic E-state index is 13.2. The van der Waals surface area contributed by atoms with Gasteiger partial charge in [-0.25, -0.2) is 0 Å². The van der Waals surface area contributed by atoms with Gasteiger partial charge in [0.25, 0.3) is 0 Å². The number of rotatable bonds is 6. The predicted octanol–water partition coefficient (Wildman–Crippen LogP) is 1.71. The van der Waals surface area contributed by atoms with E-state index >= 15 is 0 Å². The first-order valence-electron chi connectivity index (χ1n) is 11.5. The molecule has 12 heteroatoms. The van der Waals surface area contributed by atoms with Crippen molar-refractivity contribution in [2.45, 2.75) is 52.3 Å². The molecule has 2 aromatic rings. The molecule has 0 saturated carbocycles. The highest BCUT2D eigenvalue weighted by Crippen LogP contribution is 2.40. The van der Waals surface area contributed by atoms with Crippen LogP contribution in [-0.4, -0.2) is 70.9 Å². The molecule has 4 rings (SSSR count). The topological polar surface area (TPSA) is 172 Å². The summed E-state index contributed by atoms with van der Waals surface area (Å²) < 4.78 is 27.1. The average molecular weight is 528 g/mol. The second-order valence-corrected chi connectivity index (χ2v) is 8.84. The van der Waals surface area contributed by atoms with Gasteiger partial charge in [0.1, 0.15) is 30.0 Å². The Balaban J connectivity index is 1.70. The number of ketones is 2. The smallest absolute Gasteiger partial charge is 0.303 e. The van der Waals surface area contributed by atoms with E-state index in [1.165, 1.54) is 25.1 Å². The van der Waals surface area contributed by atoms with E-state index in [0.717, 1.165) is 19.9 Å². The van der Waals surface area contributed by atoms with Gasteiger partial charge < -0.3 is 33.9 Å². The summed E-state index contributed by atoms with van der Waals surface area (Å²) in [5, 5.41) is 20.9. The van der Waals surface area contributed by atoms with E-state index in [2.05, 4.69) is 0 Å². The van der Waals surface area contributed by atoms with Gasteiger partial charge in [-0.3, -0.25) is 24.0 Å². The summed E-state index contributed by atoms with van der Waals surface area (Å²) in [6.45, 7) is 4.70. The summed E-state index contributed by atoms with van der Waals surface area (Å²) in [6.07, 6.45) is -5.03. The van der Waals surface area contributed by atoms with Crippen molar-refractivity contribution in [1.82, 2.24) is 0 Å². The molecule has 38 heavy (non-hydrogen) atoms. The van der Waals surface area contributed by atoms with Gasteiger partial charge in [-0.15, -0.1) is 0 Å². The third-order valence-corrected chi connectivity index (χ3v) is 5.87. The van der Waals surface area contributed by atoms with Crippen molar-refractivity contribution >= 4 is 29.5 Å². The Bertz CT molecular complexity index is 1360. The Labute approximate surface area is 216 Å². The molecule has 1 fully saturated rings. The lowest BCUT2D eigenvalue weighted by atomic mass is 9.82. The molecule has 2 aliphatic rings. The number of benzene rings is 2. The second-order valence-electron chi connectivity index (χ2n) is 8.84. The number of carbonyl (C=O) groups is 5. The molecule has 1 heterocycles. The van der Waals surface area contributed by atoms with E-state index in [-0.39, 0.29) is 40.4 Å². The van der Waals surface area contributed by atoms with E-state index in [4.69, 9.17) is 23.7 Å². The number of aryl methyl sites for hydroxylation is 1. The van der Waals surface area contributed by atoms with Gasteiger partial charge in [0.05, 0.1) is 11.1 Å². The van der Waals surface area contributed by atoms with E-state index < -0.39 is 59.8 Å². The molecule has 0 amide bonds. The largest absolute Gasteiger partial charge is 0.507 e. The Kier molecular flexibility index (Phi) is 7.09. The van der Waals surface area contributed by atoms with Crippen molar-refractivity contribution in [3.63, 3.8) is 0 Å². The molecule has 0 aromatic heterocycles. The van der Waals surface area contributed by atoms with Crippen molar-refractivity contribution in [1.29, 1.82) is 0 Å². The Morgan fingerprint density at radius 2 is 1.39 bits per heavy atom. The number of esters is 3. The van der Waals surface area contributed by atoms with E-state index in [9.17, 15) is 34.2 Å². The zero-order chi connectivity index (χ0) is 27.9. The zero-order valence-electron chi connectivity index (χ0n) is 20.8. The van der Waals surface area contributed by atoms with Gasteiger partial charge >= 0.3 is 17.9 Å². The standard InChI is InChI=1S/C26H24O12/c1-10-5-15-20(17(30)6-10)23(33)21-16(22(15)32)7-14(8-18(21)31)37-26-25(36-13(4)29)24(35-12(3)28)19(38-26)9-34-11(2)27/h5-8,19,24-26,30-31H,9H2,1-4H3/t19-,24-,25-,26+/m1/s1. The van der Waals surface area contributed by atoms with Crippen molar-refractivity contribution in [2.75, 3.05) is 6.61 Å². The minimum Gasteiger partial charge on any atom is -0.507 e. The first kappa shape index (κ1) is 26.6. The number of ether oxygens (including phenoxy) is 5. The van der Waals surface area contributed by atoms with Gasteiger partial charge in [-0.05, 0) is 30.7 Å². The number of carbonyl (C=O) groups excluding carboxylic acids is 5. The summed E-state index contributed by atoms with van der Waals surface area (Å²) >= 11 is 0. The Morgan fingerprint density at radius 1 is 0.816 bits per heavy atom. The van der Waals surface area contributed by atoms with E-state index in [0.29, 0.717) is 5.56 Å². The molecule has 0 radical (unpaired) electrons. The molecule has 2 N–H and O–H groups in total. The first-order chi connectivity index (χ1) is 17.9. The van der Waals surface area contributed by atoms with Crippen LogP contribution >= 0.6 is 0 Å². The van der Waals surface area contributed by atoms with Crippen LogP contribution in [0, 0.1) is 6.92 Å². The molecular weight excluding hydrogens is 504 g/mol. The highest BCUT2D eigenvalue weighted by molar-refractivity contribution is 6.30. The summed E-state index contributed by atoms with van der Waals surface area (Å²) in [4.78, 5) is 61.1. The highest BCUT2D eigenvalue weighted by atomic mass is 16.7. The van der Waals surface area contributed by atoms with Crippen LogP contribution in [-0.2, 0) is 33.3 Å². The minimum atomic E-state index is -1.42. The maximum Gasteiger partial charge on any atom is 0.303 e. The third kappa shape index (κ3) is 5.02. The van der Waals surface area contributed by atoms with Crippen molar-refractivity contribution < 1.29 is 57.9 Å². The molecule has 1 saturated heterocycles. The molecule has 1 aliphatic carbocycles. The number of phenols is 2. The van der Waals surface area contributed by atoms with E-state index in [1.807, 2.05) is 0 Å². The lowest BCUT2D eigenvalue weighted by molar-refractivity contribution is -0.170. The summed E-state index contributed by atoms with van der Waals surface area (Å²) in [5.74, 6) is -4.62. The molecule has 0 spiro atoms. The molecule has 4 atom stereocenters. The van der Waals surface area contributed by atoms with Crippen LogP contribution in [0.2, 0.25) is 0 Å². The SMILES string of the molecule is CC(=O)OC[C@H]1O[C@H](Oc2cc(O)c3c(c2)C(=O)c2cc(C)cc(O)c2C3=O)[C@H](OC(C)=O)[C@@H]1OC(C)=O. The molecule has 0 bridgehead atoms. The maximum atomic E-state index is 13.2. The van der Waals surface area contributed by atoms with E-state index in [1.54, 1.807) is 6.92 Å². The second kappa shape index (κ2) is 10.1. The lowest BCUT2D eigenvalue weighted by Crippen LogP contribution is -2.42. The summed E-state index contributed by atoms with van der Waals surface area (Å²) in [7, 11) is 0. The number of fused-ring (bicyclic) bond motifs is 2. The van der Waals surface area contributed by atoms with Gasteiger partial charge in [0.15, 0.2) is 11.9 Å². The van der Waals surface area contributed by atoms with Gasteiger partial charge in [-0.1, -0.05) is 0 Å². The van der Waals surface area contributed by atoms with Gasteiger partial charge in [0, 0.05) is 38.0 Å². The monoisotopic (exact) mass is 528 g/mol. The van der Waals surface area contributed by atoms with Crippen LogP contribution in [0.25, 0.3) is 0 Å². The van der Waals surface area contributed by atoms with Crippen LogP contribution in [0.4, 0.5) is 0 Å².